The molecule has 138 valence electrons. The Morgan fingerprint density at radius 2 is 2.08 bits per heavy atom. The van der Waals surface area contributed by atoms with Gasteiger partial charge >= 0.3 is 0 Å². The van der Waals surface area contributed by atoms with Gasteiger partial charge in [0.1, 0.15) is 11.5 Å². The van der Waals surface area contributed by atoms with Crippen LogP contribution < -0.4 is 9.47 Å². The van der Waals surface area contributed by atoms with Crippen LogP contribution in [0, 0.1) is 0 Å². The Morgan fingerprint density at radius 1 is 1.23 bits per heavy atom. The zero-order valence-electron chi connectivity index (χ0n) is 15.0. The first kappa shape index (κ1) is 18.2. The van der Waals surface area contributed by atoms with Crippen LogP contribution >= 0.6 is 0 Å². The van der Waals surface area contributed by atoms with Gasteiger partial charge in [-0.2, -0.15) is 0 Å². The van der Waals surface area contributed by atoms with Gasteiger partial charge in [0.2, 0.25) is 0 Å². The van der Waals surface area contributed by atoms with E-state index in [1.54, 1.807) is 25.2 Å². The number of benzene rings is 2. The van der Waals surface area contributed by atoms with E-state index in [1.165, 1.54) is 0 Å². The monoisotopic (exact) mass is 357 g/mol. The van der Waals surface area contributed by atoms with Gasteiger partial charge in [-0.25, -0.2) is 0 Å². The number of morpholine rings is 1. The van der Waals surface area contributed by atoms with Crippen LogP contribution in [0.15, 0.2) is 42.5 Å². The first-order valence-corrected chi connectivity index (χ1v) is 8.50. The Kier molecular flexibility index (Phi) is 5.75. The predicted octanol–water partition coefficient (Wildman–Crippen LogP) is 2.20. The predicted molar refractivity (Wildman–Crippen MR) is 97.7 cm³/mol. The second-order valence-electron chi connectivity index (χ2n) is 6.06. The van der Waals surface area contributed by atoms with Crippen LogP contribution in [0.2, 0.25) is 0 Å². The van der Waals surface area contributed by atoms with E-state index in [0.717, 1.165) is 11.1 Å². The molecule has 0 unspecified atom stereocenters. The van der Waals surface area contributed by atoms with Crippen LogP contribution in [-0.2, 0) is 4.74 Å². The van der Waals surface area contributed by atoms with Gasteiger partial charge in [-0.05, 0) is 35.9 Å². The summed E-state index contributed by atoms with van der Waals surface area (Å²) in [5, 5.41) is 9.51. The molecule has 1 saturated heterocycles. The van der Waals surface area contributed by atoms with E-state index < -0.39 is 0 Å². The van der Waals surface area contributed by atoms with Crippen molar-refractivity contribution in [2.24, 2.45) is 0 Å². The number of methoxy groups -OCH3 is 2. The van der Waals surface area contributed by atoms with E-state index in [-0.39, 0.29) is 18.6 Å². The molecule has 0 spiro atoms. The zero-order chi connectivity index (χ0) is 18.5. The van der Waals surface area contributed by atoms with Gasteiger partial charge in [0, 0.05) is 17.7 Å². The molecule has 1 N–H and O–H groups in total. The Morgan fingerprint density at radius 3 is 2.81 bits per heavy atom. The van der Waals surface area contributed by atoms with Crippen molar-refractivity contribution in [2.75, 3.05) is 40.6 Å². The minimum atomic E-state index is -0.314. The van der Waals surface area contributed by atoms with E-state index >= 15 is 0 Å². The molecular formula is C20H23NO5. The molecule has 1 fully saturated rings. The lowest BCUT2D eigenvalue weighted by molar-refractivity contribution is -0.0183. The molecule has 6 heteroatoms. The maximum atomic E-state index is 12.9. The molecular weight excluding hydrogens is 334 g/mol. The number of aliphatic hydroxyl groups excluding tert-OH is 1. The average Bonchev–Trinajstić information content (AvgIpc) is 2.72. The summed E-state index contributed by atoms with van der Waals surface area (Å²) in [4.78, 5) is 14.6. The van der Waals surface area contributed by atoms with Gasteiger partial charge in [-0.15, -0.1) is 0 Å². The summed E-state index contributed by atoms with van der Waals surface area (Å²) in [5.74, 6) is 1.30. The maximum absolute atomic E-state index is 12.9. The molecule has 1 aliphatic heterocycles. The molecule has 1 heterocycles. The van der Waals surface area contributed by atoms with Crippen molar-refractivity contribution >= 4 is 5.91 Å². The number of aliphatic hydroxyl groups is 1. The number of hydrogen-bond acceptors (Lipinski definition) is 5. The van der Waals surface area contributed by atoms with Crippen molar-refractivity contribution in [1.82, 2.24) is 4.90 Å². The van der Waals surface area contributed by atoms with Crippen molar-refractivity contribution in [3.63, 3.8) is 0 Å². The molecule has 6 nitrogen and oxygen atoms in total. The fraction of sp³-hybridized carbons (Fsp3) is 0.350. The summed E-state index contributed by atoms with van der Waals surface area (Å²) in [6, 6.07) is 12.6. The summed E-state index contributed by atoms with van der Waals surface area (Å²) in [6.07, 6.45) is 0. The van der Waals surface area contributed by atoms with Crippen LogP contribution in [-0.4, -0.2) is 62.5 Å². The van der Waals surface area contributed by atoms with E-state index in [9.17, 15) is 9.90 Å². The fourth-order valence-electron chi connectivity index (χ4n) is 3.10. The Balaban J connectivity index is 1.95. The third kappa shape index (κ3) is 3.66. The van der Waals surface area contributed by atoms with Gasteiger partial charge in [0.05, 0.1) is 40.1 Å². The Bertz CT molecular complexity index is 777. The van der Waals surface area contributed by atoms with Gasteiger partial charge in [0.25, 0.3) is 5.91 Å². The van der Waals surface area contributed by atoms with Gasteiger partial charge in [-0.1, -0.05) is 12.1 Å². The first-order chi connectivity index (χ1) is 12.7. The molecule has 2 aromatic carbocycles. The Labute approximate surface area is 152 Å². The SMILES string of the molecule is COc1ccc(OC)c(-c2cccc(C(=O)N3CCOC[C@H]3CO)c2)c1. The Hall–Kier alpha value is -2.57. The van der Waals surface area contributed by atoms with Crippen LogP contribution in [0.4, 0.5) is 0 Å². The van der Waals surface area contributed by atoms with Crippen molar-refractivity contribution in [2.45, 2.75) is 6.04 Å². The lowest BCUT2D eigenvalue weighted by Crippen LogP contribution is -2.50. The van der Waals surface area contributed by atoms with Crippen LogP contribution in [0.3, 0.4) is 0 Å². The molecule has 1 amide bonds. The molecule has 0 saturated carbocycles. The summed E-state index contributed by atoms with van der Waals surface area (Å²) >= 11 is 0. The largest absolute Gasteiger partial charge is 0.497 e. The lowest BCUT2D eigenvalue weighted by Gasteiger charge is -2.34. The van der Waals surface area contributed by atoms with Crippen LogP contribution in [0.1, 0.15) is 10.4 Å². The molecule has 1 atom stereocenters. The summed E-state index contributed by atoms with van der Waals surface area (Å²) in [5.41, 5.74) is 2.27. The van der Waals surface area contributed by atoms with E-state index in [2.05, 4.69) is 0 Å². The molecule has 0 radical (unpaired) electrons. The highest BCUT2D eigenvalue weighted by Gasteiger charge is 2.27. The van der Waals surface area contributed by atoms with Gasteiger partial charge in [-0.3, -0.25) is 4.79 Å². The van der Waals surface area contributed by atoms with E-state index in [0.29, 0.717) is 36.8 Å². The average molecular weight is 357 g/mol. The highest BCUT2D eigenvalue weighted by Crippen LogP contribution is 2.34. The highest BCUT2D eigenvalue weighted by molar-refractivity contribution is 5.96. The third-order valence-electron chi connectivity index (χ3n) is 4.53. The number of amides is 1. The van der Waals surface area contributed by atoms with Crippen molar-refractivity contribution in [3.8, 4) is 22.6 Å². The highest BCUT2D eigenvalue weighted by atomic mass is 16.5. The topological polar surface area (TPSA) is 68.2 Å². The molecule has 3 rings (SSSR count). The normalized spacial score (nSPS) is 17.0. The molecule has 2 aromatic rings. The molecule has 0 aliphatic carbocycles. The molecule has 0 aromatic heterocycles. The lowest BCUT2D eigenvalue weighted by atomic mass is 10.0. The number of ether oxygens (including phenoxy) is 3. The molecule has 26 heavy (non-hydrogen) atoms. The number of rotatable bonds is 5. The van der Waals surface area contributed by atoms with Crippen LogP contribution in [0.25, 0.3) is 11.1 Å². The number of carbonyl (C=O) groups is 1. The van der Waals surface area contributed by atoms with E-state index in [4.69, 9.17) is 14.2 Å². The summed E-state index contributed by atoms with van der Waals surface area (Å²) in [6.45, 7) is 1.18. The quantitative estimate of drug-likeness (QED) is 0.889. The molecule has 1 aliphatic rings. The number of nitrogens with zero attached hydrogens (tertiary/aromatic N) is 1. The van der Waals surface area contributed by atoms with Gasteiger partial charge < -0.3 is 24.2 Å². The summed E-state index contributed by atoms with van der Waals surface area (Å²) in [7, 11) is 3.22. The second-order valence-corrected chi connectivity index (χ2v) is 6.06. The summed E-state index contributed by atoms with van der Waals surface area (Å²) < 4.78 is 16.1. The zero-order valence-corrected chi connectivity index (χ0v) is 15.0. The number of hydrogen-bond donors (Lipinski definition) is 1. The number of carbonyl (C=O) groups excluding carboxylic acids is 1. The fourth-order valence-corrected chi connectivity index (χ4v) is 3.10. The van der Waals surface area contributed by atoms with Crippen LogP contribution in [0.5, 0.6) is 11.5 Å². The maximum Gasteiger partial charge on any atom is 0.254 e. The first-order valence-electron chi connectivity index (χ1n) is 8.50. The minimum absolute atomic E-state index is 0.115. The van der Waals surface area contributed by atoms with E-state index in [1.807, 2.05) is 36.4 Å². The second kappa shape index (κ2) is 8.21. The van der Waals surface area contributed by atoms with Crippen molar-refractivity contribution in [1.29, 1.82) is 0 Å². The molecule has 0 bridgehead atoms. The van der Waals surface area contributed by atoms with Crippen molar-refractivity contribution < 1.29 is 24.1 Å². The smallest absolute Gasteiger partial charge is 0.254 e. The van der Waals surface area contributed by atoms with Crippen molar-refractivity contribution in [3.05, 3.63) is 48.0 Å². The third-order valence-corrected chi connectivity index (χ3v) is 4.53. The van der Waals surface area contributed by atoms with Gasteiger partial charge in [0.15, 0.2) is 0 Å². The standard InChI is InChI=1S/C20H23NO5/c1-24-17-6-7-19(25-2)18(11-17)14-4-3-5-15(10-14)20(23)21-8-9-26-13-16(21)12-22/h3-7,10-11,16,22H,8-9,12-13H2,1-2H3/t16-/m1/s1. The minimum Gasteiger partial charge on any atom is -0.497 e.